The van der Waals surface area contributed by atoms with E-state index < -0.39 is 10.0 Å². The Balaban J connectivity index is 1.65. The molecule has 0 saturated heterocycles. The highest BCUT2D eigenvalue weighted by molar-refractivity contribution is 7.91. The van der Waals surface area contributed by atoms with Crippen LogP contribution in [0.3, 0.4) is 0 Å². The van der Waals surface area contributed by atoms with Gasteiger partial charge >= 0.3 is 0 Å². The van der Waals surface area contributed by atoms with Crippen molar-refractivity contribution in [1.29, 1.82) is 0 Å². The van der Waals surface area contributed by atoms with Gasteiger partial charge < -0.3 is 9.47 Å². The van der Waals surface area contributed by atoms with Crippen LogP contribution in [0.2, 0.25) is 4.34 Å². The Labute approximate surface area is 166 Å². The van der Waals surface area contributed by atoms with E-state index in [1.54, 1.807) is 36.5 Å². The molecule has 0 aliphatic rings. The van der Waals surface area contributed by atoms with Gasteiger partial charge in [0.1, 0.15) is 15.7 Å². The molecular weight excluding hydrogens is 408 g/mol. The van der Waals surface area contributed by atoms with Crippen molar-refractivity contribution in [2.24, 2.45) is 0 Å². The van der Waals surface area contributed by atoms with Crippen LogP contribution in [-0.2, 0) is 16.6 Å². The minimum absolute atomic E-state index is 0.111. The van der Waals surface area contributed by atoms with Crippen LogP contribution in [0.15, 0.2) is 58.9 Å². The zero-order chi connectivity index (χ0) is 19.3. The number of sulfonamides is 1. The Morgan fingerprint density at radius 2 is 1.85 bits per heavy atom. The van der Waals surface area contributed by atoms with Gasteiger partial charge in [-0.2, -0.15) is 0 Å². The molecule has 9 heteroatoms. The van der Waals surface area contributed by atoms with Crippen molar-refractivity contribution in [2.45, 2.75) is 17.7 Å². The van der Waals surface area contributed by atoms with Crippen LogP contribution in [0.25, 0.3) is 0 Å². The van der Waals surface area contributed by atoms with Gasteiger partial charge in [0.2, 0.25) is 15.9 Å². The van der Waals surface area contributed by atoms with Crippen LogP contribution in [0.5, 0.6) is 17.4 Å². The summed E-state index contributed by atoms with van der Waals surface area (Å²) in [5.74, 6) is 1.74. The molecule has 2 heterocycles. The maximum atomic E-state index is 12.3. The highest BCUT2D eigenvalue weighted by Crippen LogP contribution is 2.26. The summed E-state index contributed by atoms with van der Waals surface area (Å²) in [4.78, 5) is 4.15. The second kappa shape index (κ2) is 8.71. The van der Waals surface area contributed by atoms with Crippen molar-refractivity contribution in [1.82, 2.24) is 9.71 Å². The lowest BCUT2D eigenvalue weighted by molar-refractivity contribution is 0.339. The third-order valence-corrected chi connectivity index (χ3v) is 6.56. The summed E-state index contributed by atoms with van der Waals surface area (Å²) in [7, 11) is -3.61. The van der Waals surface area contributed by atoms with E-state index in [1.165, 1.54) is 6.07 Å². The van der Waals surface area contributed by atoms with Gasteiger partial charge in [-0.15, -0.1) is 11.3 Å². The molecule has 0 unspecified atom stereocenters. The molecule has 3 aromatic rings. The molecule has 0 amide bonds. The average molecular weight is 425 g/mol. The normalized spacial score (nSPS) is 11.3. The van der Waals surface area contributed by atoms with Gasteiger partial charge in [-0.05, 0) is 55.0 Å². The van der Waals surface area contributed by atoms with Crippen LogP contribution < -0.4 is 14.2 Å². The van der Waals surface area contributed by atoms with Crippen LogP contribution in [0, 0.1) is 0 Å². The van der Waals surface area contributed by atoms with Gasteiger partial charge in [0, 0.05) is 18.8 Å². The van der Waals surface area contributed by atoms with E-state index >= 15 is 0 Å². The van der Waals surface area contributed by atoms with E-state index in [9.17, 15) is 8.42 Å². The van der Waals surface area contributed by atoms with Gasteiger partial charge in [0.05, 0.1) is 10.9 Å². The van der Waals surface area contributed by atoms with Crippen LogP contribution in [-0.4, -0.2) is 20.0 Å². The van der Waals surface area contributed by atoms with E-state index in [0.717, 1.165) is 22.6 Å². The van der Waals surface area contributed by atoms with Gasteiger partial charge in [-0.25, -0.2) is 18.1 Å². The van der Waals surface area contributed by atoms with Gasteiger partial charge in [-0.3, -0.25) is 0 Å². The minimum atomic E-state index is -3.61. The Morgan fingerprint density at radius 3 is 2.52 bits per heavy atom. The predicted molar refractivity (Wildman–Crippen MR) is 105 cm³/mol. The first-order valence-corrected chi connectivity index (χ1v) is 10.7. The summed E-state index contributed by atoms with van der Waals surface area (Å²) >= 11 is 6.81. The molecule has 142 valence electrons. The molecule has 1 N–H and O–H groups in total. The van der Waals surface area contributed by atoms with Crippen molar-refractivity contribution < 1.29 is 17.9 Å². The second-order valence-corrected chi connectivity index (χ2v) is 9.10. The summed E-state index contributed by atoms with van der Waals surface area (Å²) in [5.41, 5.74) is 0.720. The summed E-state index contributed by atoms with van der Waals surface area (Å²) in [6, 6.07) is 13.6. The molecule has 1 aromatic carbocycles. The molecule has 0 aliphatic carbocycles. The number of nitrogens with zero attached hydrogens (tertiary/aromatic N) is 1. The predicted octanol–water partition coefficient (Wildman–Crippen LogP) is 4.47. The van der Waals surface area contributed by atoms with E-state index in [0.29, 0.717) is 22.6 Å². The maximum Gasteiger partial charge on any atom is 0.250 e. The summed E-state index contributed by atoms with van der Waals surface area (Å²) in [6.45, 7) is 2.62. The summed E-state index contributed by atoms with van der Waals surface area (Å²) in [5, 5.41) is 0. The Morgan fingerprint density at radius 1 is 1.11 bits per heavy atom. The third-order valence-electron chi connectivity index (χ3n) is 3.44. The number of ether oxygens (including phenoxy) is 2. The van der Waals surface area contributed by atoms with E-state index in [2.05, 4.69) is 9.71 Å². The summed E-state index contributed by atoms with van der Waals surface area (Å²) in [6.07, 6.45) is 1.57. The molecule has 0 spiro atoms. The molecule has 0 radical (unpaired) electrons. The molecule has 2 aromatic heterocycles. The highest BCUT2D eigenvalue weighted by atomic mass is 35.5. The number of hydrogen-bond acceptors (Lipinski definition) is 6. The van der Waals surface area contributed by atoms with Crippen molar-refractivity contribution in [3.05, 3.63) is 64.6 Å². The molecule has 6 nitrogen and oxygen atoms in total. The first-order chi connectivity index (χ1) is 13.0. The SMILES string of the molecule is CCOc1ccc(Oc2cc(CNS(=O)(=O)c3ccc(Cl)s3)ccn2)cc1. The number of hydrogen-bond donors (Lipinski definition) is 1. The van der Waals surface area contributed by atoms with Crippen molar-refractivity contribution in [3.63, 3.8) is 0 Å². The largest absolute Gasteiger partial charge is 0.494 e. The molecule has 0 atom stereocenters. The van der Waals surface area contributed by atoms with Crippen molar-refractivity contribution in [3.8, 4) is 17.4 Å². The zero-order valence-electron chi connectivity index (χ0n) is 14.4. The molecule has 0 bridgehead atoms. The van der Waals surface area contributed by atoms with Gasteiger partial charge in [0.15, 0.2) is 0 Å². The lowest BCUT2D eigenvalue weighted by Crippen LogP contribution is -2.22. The molecule has 0 fully saturated rings. The Hall–Kier alpha value is -2.13. The molecule has 27 heavy (non-hydrogen) atoms. The van der Waals surface area contributed by atoms with E-state index in [4.69, 9.17) is 21.1 Å². The minimum Gasteiger partial charge on any atom is -0.494 e. The fourth-order valence-electron chi connectivity index (χ4n) is 2.20. The van der Waals surface area contributed by atoms with Crippen LogP contribution in [0.1, 0.15) is 12.5 Å². The van der Waals surface area contributed by atoms with Crippen molar-refractivity contribution >= 4 is 33.0 Å². The molecule has 0 saturated carbocycles. The van der Waals surface area contributed by atoms with Gasteiger partial charge in [0.25, 0.3) is 0 Å². The van der Waals surface area contributed by atoms with E-state index in [1.807, 2.05) is 19.1 Å². The second-order valence-electron chi connectivity index (χ2n) is 5.39. The van der Waals surface area contributed by atoms with Gasteiger partial charge in [-0.1, -0.05) is 11.6 Å². The number of pyridine rings is 1. The standard InChI is InChI=1S/C18H17ClN2O4S2/c1-2-24-14-3-5-15(6-4-14)25-17-11-13(9-10-20-17)12-21-27(22,23)18-8-7-16(19)26-18/h3-11,21H,2,12H2,1H3. The van der Waals surface area contributed by atoms with Crippen LogP contribution in [0.4, 0.5) is 0 Å². The molecule has 0 aliphatic heterocycles. The Bertz CT molecular complexity index is 1000. The highest BCUT2D eigenvalue weighted by Gasteiger charge is 2.16. The third kappa shape index (κ3) is 5.43. The molecular formula is C18H17ClN2O4S2. The first kappa shape index (κ1) is 19.6. The maximum absolute atomic E-state index is 12.3. The fraction of sp³-hybridized carbons (Fsp3) is 0.167. The Kier molecular flexibility index (Phi) is 6.33. The number of thiophene rings is 1. The monoisotopic (exact) mass is 424 g/mol. The molecule has 3 rings (SSSR count). The smallest absolute Gasteiger partial charge is 0.250 e. The average Bonchev–Trinajstić information content (AvgIpc) is 3.10. The fourth-order valence-corrected chi connectivity index (χ4v) is 4.74. The number of aromatic nitrogens is 1. The number of benzene rings is 1. The zero-order valence-corrected chi connectivity index (χ0v) is 16.8. The summed E-state index contributed by atoms with van der Waals surface area (Å²) < 4.78 is 38.8. The lowest BCUT2D eigenvalue weighted by Gasteiger charge is -2.09. The first-order valence-electron chi connectivity index (χ1n) is 8.07. The van der Waals surface area contributed by atoms with Crippen molar-refractivity contribution in [2.75, 3.05) is 6.61 Å². The quantitative estimate of drug-likeness (QED) is 0.577. The number of halogens is 1. The van der Waals surface area contributed by atoms with Crippen LogP contribution >= 0.6 is 22.9 Å². The topological polar surface area (TPSA) is 77.5 Å². The van der Waals surface area contributed by atoms with E-state index in [-0.39, 0.29) is 10.8 Å². The lowest BCUT2D eigenvalue weighted by atomic mass is 10.3. The number of rotatable bonds is 8. The number of nitrogens with one attached hydrogen (secondary N) is 1.